The van der Waals surface area contributed by atoms with Crippen molar-refractivity contribution >= 4 is 18.9 Å². The van der Waals surface area contributed by atoms with E-state index in [4.69, 9.17) is 9.31 Å². The van der Waals surface area contributed by atoms with Crippen molar-refractivity contribution in [2.45, 2.75) is 38.9 Å². The van der Waals surface area contributed by atoms with Crippen LogP contribution < -0.4 is 0 Å². The molecule has 118 valence electrons. The van der Waals surface area contributed by atoms with E-state index in [1.165, 1.54) is 37.4 Å². The van der Waals surface area contributed by atoms with Gasteiger partial charge in [0.15, 0.2) is 0 Å². The monoisotopic (exact) mass is 306 g/mol. The van der Waals surface area contributed by atoms with E-state index < -0.39 is 30.1 Å². The van der Waals surface area contributed by atoms with E-state index in [1.807, 2.05) is 27.7 Å². The van der Waals surface area contributed by atoms with Crippen LogP contribution in [0.25, 0.3) is 5.83 Å². The van der Waals surface area contributed by atoms with Crippen LogP contribution in [0.5, 0.6) is 0 Å². The zero-order valence-corrected chi connectivity index (χ0v) is 13.5. The van der Waals surface area contributed by atoms with Crippen LogP contribution in [0.15, 0.2) is 30.2 Å². The van der Waals surface area contributed by atoms with Gasteiger partial charge in [0.2, 0.25) is 0 Å². The van der Waals surface area contributed by atoms with Crippen LogP contribution in [0.2, 0.25) is 0 Å². The Hall–Kier alpha value is -1.66. The molecule has 0 aliphatic carbocycles. The fraction of sp³-hybridized carbons (Fsp3) is 0.438. The number of ether oxygens (including phenoxy) is 1. The molecule has 1 aliphatic heterocycles. The van der Waals surface area contributed by atoms with Gasteiger partial charge in [-0.2, -0.15) is 0 Å². The van der Waals surface area contributed by atoms with Gasteiger partial charge in [-0.1, -0.05) is 12.1 Å². The third-order valence-electron chi connectivity index (χ3n) is 4.14. The molecule has 0 unspecified atom stereocenters. The quantitative estimate of drug-likeness (QED) is 0.634. The van der Waals surface area contributed by atoms with E-state index >= 15 is 0 Å². The van der Waals surface area contributed by atoms with Gasteiger partial charge >= 0.3 is 13.1 Å². The highest BCUT2D eigenvalue weighted by Crippen LogP contribution is 2.37. The van der Waals surface area contributed by atoms with Gasteiger partial charge in [-0.15, -0.1) is 0 Å². The lowest BCUT2D eigenvalue weighted by molar-refractivity contribution is 0.00578. The van der Waals surface area contributed by atoms with Crippen molar-refractivity contribution in [1.29, 1.82) is 0 Å². The maximum atomic E-state index is 14.3. The van der Waals surface area contributed by atoms with Crippen LogP contribution in [-0.4, -0.2) is 31.4 Å². The minimum Gasteiger partial charge on any atom is -0.465 e. The molecule has 0 aromatic heterocycles. The number of halogens is 1. The lowest BCUT2D eigenvalue weighted by Crippen LogP contribution is -2.41. The average Bonchev–Trinajstić information content (AvgIpc) is 2.65. The van der Waals surface area contributed by atoms with Gasteiger partial charge in [-0.05, 0) is 45.8 Å². The maximum Gasteiger partial charge on any atom is 0.490 e. The predicted molar refractivity (Wildman–Crippen MR) is 82.9 cm³/mol. The Labute approximate surface area is 130 Å². The minimum atomic E-state index is -0.745. The molecular weight excluding hydrogens is 286 g/mol. The number of carbonyl (C=O) groups excluding carboxylic acids is 1. The van der Waals surface area contributed by atoms with Crippen molar-refractivity contribution in [3.63, 3.8) is 0 Å². The van der Waals surface area contributed by atoms with Crippen molar-refractivity contribution in [2.75, 3.05) is 7.11 Å². The second kappa shape index (κ2) is 5.86. The van der Waals surface area contributed by atoms with Crippen LogP contribution in [0.3, 0.4) is 0 Å². The Kier molecular flexibility index (Phi) is 4.45. The summed E-state index contributed by atoms with van der Waals surface area (Å²) in [7, 11) is 0.555. The molecule has 0 spiro atoms. The first-order valence-electron chi connectivity index (χ1n) is 7.08. The summed E-state index contributed by atoms with van der Waals surface area (Å²) in [5, 5.41) is 0. The summed E-state index contributed by atoms with van der Waals surface area (Å²) in [6.07, 6.45) is 0. The topological polar surface area (TPSA) is 44.8 Å². The van der Waals surface area contributed by atoms with Crippen molar-refractivity contribution in [3.05, 3.63) is 41.4 Å². The first-order chi connectivity index (χ1) is 10.2. The summed E-state index contributed by atoms with van der Waals surface area (Å²) in [5.41, 5.74) is -0.302. The number of methoxy groups -OCH3 is 1. The molecule has 1 saturated heterocycles. The van der Waals surface area contributed by atoms with Crippen LogP contribution in [-0.2, 0) is 14.0 Å². The summed E-state index contributed by atoms with van der Waals surface area (Å²) in [6, 6.07) is 6.06. The molecule has 4 nitrogen and oxygen atoms in total. The van der Waals surface area contributed by atoms with Gasteiger partial charge in [-0.3, -0.25) is 0 Å². The number of rotatable bonds is 3. The molecular formula is C16H20BFO4. The third-order valence-corrected chi connectivity index (χ3v) is 4.14. The highest BCUT2D eigenvalue weighted by molar-refractivity contribution is 6.53. The summed E-state index contributed by atoms with van der Waals surface area (Å²) >= 11 is 0. The van der Waals surface area contributed by atoms with E-state index in [0.717, 1.165) is 0 Å². The Balaban J connectivity index is 2.15. The van der Waals surface area contributed by atoms with E-state index in [-0.39, 0.29) is 0 Å². The average molecular weight is 306 g/mol. The fourth-order valence-corrected chi connectivity index (χ4v) is 2.06. The normalized spacial score (nSPS) is 20.1. The maximum absolute atomic E-state index is 14.3. The largest absolute Gasteiger partial charge is 0.490 e. The summed E-state index contributed by atoms with van der Waals surface area (Å²) in [4.78, 5) is 11.3. The van der Waals surface area contributed by atoms with Gasteiger partial charge in [0.05, 0.1) is 23.9 Å². The zero-order valence-electron chi connectivity index (χ0n) is 13.5. The van der Waals surface area contributed by atoms with Crippen LogP contribution in [0.4, 0.5) is 4.39 Å². The summed E-state index contributed by atoms with van der Waals surface area (Å²) in [6.45, 7) is 7.63. The Morgan fingerprint density at radius 1 is 1.09 bits per heavy atom. The highest BCUT2D eigenvalue weighted by Gasteiger charge is 2.50. The molecule has 1 heterocycles. The fourth-order valence-electron chi connectivity index (χ4n) is 2.06. The SMILES string of the molecule is COC(=O)c1ccc(/C(F)=C/B2OC(C)(C)C(C)(C)O2)cc1. The Bertz CT molecular complexity index is 577. The molecule has 0 bridgehead atoms. The van der Waals surface area contributed by atoms with Crippen LogP contribution >= 0.6 is 0 Å². The molecule has 6 heteroatoms. The van der Waals surface area contributed by atoms with E-state index in [2.05, 4.69) is 4.74 Å². The lowest BCUT2D eigenvalue weighted by Gasteiger charge is -2.32. The molecule has 1 fully saturated rings. The molecule has 0 N–H and O–H groups in total. The Morgan fingerprint density at radius 3 is 2.00 bits per heavy atom. The van der Waals surface area contributed by atoms with Crippen molar-refractivity contribution in [3.8, 4) is 0 Å². The second-order valence-corrected chi connectivity index (χ2v) is 6.21. The molecule has 0 saturated carbocycles. The zero-order chi connectivity index (χ0) is 16.5. The number of esters is 1. The Morgan fingerprint density at radius 2 is 1.55 bits per heavy atom. The van der Waals surface area contributed by atoms with Gasteiger partial charge in [-0.25, -0.2) is 9.18 Å². The molecule has 1 aromatic rings. The molecule has 0 amide bonds. The molecule has 0 radical (unpaired) electrons. The van der Waals surface area contributed by atoms with Crippen LogP contribution in [0.1, 0.15) is 43.6 Å². The predicted octanol–water partition coefficient (Wildman–Crippen LogP) is 3.42. The standard InChI is InChI=1S/C16H20BFO4/c1-15(2)16(3,4)22-17(21-15)10-13(18)11-6-8-12(9-7-11)14(19)20-5/h6-10H,1-5H3/b13-10-. The van der Waals surface area contributed by atoms with Crippen LogP contribution in [0, 0.1) is 0 Å². The van der Waals surface area contributed by atoms with Crippen molar-refractivity contribution < 1.29 is 23.2 Å². The number of hydrogen-bond acceptors (Lipinski definition) is 4. The van der Waals surface area contributed by atoms with E-state index in [1.54, 1.807) is 0 Å². The van der Waals surface area contributed by atoms with Gasteiger partial charge in [0.1, 0.15) is 5.83 Å². The first-order valence-corrected chi connectivity index (χ1v) is 7.08. The third kappa shape index (κ3) is 3.23. The first kappa shape index (κ1) is 16.7. The van der Waals surface area contributed by atoms with Crippen molar-refractivity contribution in [1.82, 2.24) is 0 Å². The van der Waals surface area contributed by atoms with Gasteiger partial charge in [0.25, 0.3) is 0 Å². The lowest BCUT2D eigenvalue weighted by atomic mass is 9.88. The molecule has 22 heavy (non-hydrogen) atoms. The van der Waals surface area contributed by atoms with E-state index in [0.29, 0.717) is 11.1 Å². The number of hydrogen-bond donors (Lipinski definition) is 0. The minimum absolute atomic E-state index is 0.349. The van der Waals surface area contributed by atoms with Crippen molar-refractivity contribution in [2.24, 2.45) is 0 Å². The number of carbonyl (C=O) groups is 1. The number of benzene rings is 1. The molecule has 2 rings (SSSR count). The smallest absolute Gasteiger partial charge is 0.465 e. The van der Waals surface area contributed by atoms with E-state index in [9.17, 15) is 9.18 Å². The molecule has 0 atom stereocenters. The highest BCUT2D eigenvalue weighted by atomic mass is 19.1. The van der Waals surface area contributed by atoms with Gasteiger partial charge < -0.3 is 14.0 Å². The molecule has 1 aromatic carbocycles. The second-order valence-electron chi connectivity index (χ2n) is 6.21. The molecule has 1 aliphatic rings. The summed E-state index contributed by atoms with van der Waals surface area (Å²) < 4.78 is 30.3. The van der Waals surface area contributed by atoms with Gasteiger partial charge in [0, 0.05) is 5.56 Å². The summed E-state index contributed by atoms with van der Waals surface area (Å²) in [5.74, 6) is 0.376.